The molecule has 1 aliphatic carbocycles. The van der Waals surface area contributed by atoms with Gasteiger partial charge >= 0.3 is 0 Å². The number of ether oxygens (including phenoxy) is 1. The molecule has 0 bridgehead atoms. The number of benzene rings is 1. The Morgan fingerprint density at radius 3 is 3.04 bits per heavy atom. The lowest BCUT2D eigenvalue weighted by molar-refractivity contribution is 0.350. The number of piperidine rings is 1. The van der Waals surface area contributed by atoms with E-state index in [0.29, 0.717) is 17.9 Å². The lowest BCUT2D eigenvalue weighted by Gasteiger charge is -2.37. The van der Waals surface area contributed by atoms with Crippen molar-refractivity contribution in [2.75, 3.05) is 25.1 Å². The molecule has 1 fully saturated rings. The van der Waals surface area contributed by atoms with E-state index in [2.05, 4.69) is 38.4 Å². The maximum Gasteiger partial charge on any atom is 0.290 e. The van der Waals surface area contributed by atoms with E-state index in [-0.39, 0.29) is 5.56 Å². The van der Waals surface area contributed by atoms with Gasteiger partial charge < -0.3 is 19.9 Å². The number of hydrogen-bond acceptors (Lipinski definition) is 5. The van der Waals surface area contributed by atoms with Crippen LogP contribution in [0.5, 0.6) is 5.75 Å². The number of nitrogens with one attached hydrogen (secondary N) is 2. The van der Waals surface area contributed by atoms with Crippen LogP contribution in [0.1, 0.15) is 30.4 Å². The van der Waals surface area contributed by atoms with Gasteiger partial charge in [0, 0.05) is 37.6 Å². The van der Waals surface area contributed by atoms with Gasteiger partial charge in [-0.2, -0.15) is 0 Å². The topological polar surface area (TPSA) is 70.2 Å². The molecule has 0 amide bonds. The van der Waals surface area contributed by atoms with Crippen molar-refractivity contribution in [1.82, 2.24) is 15.3 Å². The number of anilines is 1. The van der Waals surface area contributed by atoms with Crippen molar-refractivity contribution in [3.8, 4) is 5.75 Å². The van der Waals surface area contributed by atoms with E-state index in [1.807, 2.05) is 0 Å². The molecule has 1 aromatic heterocycles. The molecular weight excluding hydrogens is 328 g/mol. The smallest absolute Gasteiger partial charge is 0.290 e. The molecule has 2 atom stereocenters. The van der Waals surface area contributed by atoms with Gasteiger partial charge in [0.1, 0.15) is 5.75 Å². The van der Waals surface area contributed by atoms with E-state index in [1.165, 1.54) is 11.1 Å². The van der Waals surface area contributed by atoms with Crippen LogP contribution in [0.3, 0.4) is 0 Å². The van der Waals surface area contributed by atoms with Gasteiger partial charge in [0.05, 0.1) is 7.11 Å². The highest BCUT2D eigenvalue weighted by atomic mass is 16.5. The molecule has 0 spiro atoms. The minimum atomic E-state index is -0.105. The second-order valence-electron chi connectivity index (χ2n) is 7.27. The number of H-pyrrole nitrogens is 1. The summed E-state index contributed by atoms with van der Waals surface area (Å²) in [6.07, 6.45) is 8.74. The number of aromatic nitrogens is 2. The number of hydrogen-bond donors (Lipinski definition) is 2. The first-order valence-electron chi connectivity index (χ1n) is 9.43. The molecule has 138 valence electrons. The summed E-state index contributed by atoms with van der Waals surface area (Å²) >= 11 is 0. The molecule has 26 heavy (non-hydrogen) atoms. The van der Waals surface area contributed by atoms with Gasteiger partial charge in [-0.15, -0.1) is 0 Å². The molecule has 1 aromatic carbocycles. The third-order valence-electron chi connectivity index (χ3n) is 5.52. The van der Waals surface area contributed by atoms with Crippen molar-refractivity contribution < 1.29 is 4.74 Å². The Kier molecular flexibility index (Phi) is 4.93. The summed E-state index contributed by atoms with van der Waals surface area (Å²) in [5.74, 6) is 1.47. The fraction of sp³-hybridized carbons (Fsp3) is 0.500. The third kappa shape index (κ3) is 3.60. The molecule has 2 N–H and O–H groups in total. The molecular formula is C20H26N4O2. The molecule has 2 aromatic rings. The Morgan fingerprint density at radius 1 is 1.27 bits per heavy atom. The van der Waals surface area contributed by atoms with Crippen LogP contribution in [0.4, 0.5) is 5.82 Å². The summed E-state index contributed by atoms with van der Waals surface area (Å²) in [7, 11) is 1.72. The van der Waals surface area contributed by atoms with Gasteiger partial charge in [0.15, 0.2) is 5.82 Å². The Morgan fingerprint density at radius 2 is 2.19 bits per heavy atom. The van der Waals surface area contributed by atoms with E-state index < -0.39 is 0 Å². The molecule has 2 aliphatic rings. The van der Waals surface area contributed by atoms with E-state index in [0.717, 1.165) is 50.9 Å². The van der Waals surface area contributed by atoms with Crippen molar-refractivity contribution in [3.05, 3.63) is 52.1 Å². The van der Waals surface area contributed by atoms with Crippen molar-refractivity contribution in [2.45, 2.75) is 44.2 Å². The summed E-state index contributed by atoms with van der Waals surface area (Å²) in [5, 5.41) is 3.83. The van der Waals surface area contributed by atoms with Crippen molar-refractivity contribution in [2.24, 2.45) is 0 Å². The maximum atomic E-state index is 12.0. The number of methoxy groups -OCH3 is 1. The van der Waals surface area contributed by atoms with E-state index in [4.69, 9.17) is 4.74 Å². The zero-order chi connectivity index (χ0) is 17.9. The lowest BCUT2D eigenvalue weighted by atomic mass is 9.87. The number of aryl methyl sites for hydroxylation is 1. The first kappa shape index (κ1) is 17.1. The molecule has 0 saturated carbocycles. The van der Waals surface area contributed by atoms with Crippen LogP contribution in [0.25, 0.3) is 0 Å². The SMILES string of the molecule is COc1ccc2c(c1)CC(NC1CCCN(c3ncc[nH]c3=O)C1)CC2. The number of aromatic amines is 1. The van der Waals surface area contributed by atoms with Crippen molar-refractivity contribution in [1.29, 1.82) is 0 Å². The Balaban J connectivity index is 1.41. The quantitative estimate of drug-likeness (QED) is 0.878. The highest BCUT2D eigenvalue weighted by molar-refractivity contribution is 5.38. The minimum Gasteiger partial charge on any atom is -0.497 e. The van der Waals surface area contributed by atoms with Crippen LogP contribution >= 0.6 is 0 Å². The molecule has 1 aliphatic heterocycles. The summed E-state index contributed by atoms with van der Waals surface area (Å²) in [5.41, 5.74) is 2.72. The third-order valence-corrected chi connectivity index (χ3v) is 5.52. The predicted octanol–water partition coefficient (Wildman–Crippen LogP) is 1.89. The van der Waals surface area contributed by atoms with Crippen LogP contribution in [0.15, 0.2) is 35.4 Å². The standard InChI is InChI=1S/C20H26N4O2/c1-26-18-7-5-14-4-6-16(11-15(14)12-18)23-17-3-2-10-24(13-17)19-20(25)22-9-8-21-19/h5,7-9,12,16-17,23H,2-4,6,10-11,13H2,1H3,(H,22,25). The zero-order valence-electron chi connectivity index (χ0n) is 15.2. The lowest BCUT2D eigenvalue weighted by Crippen LogP contribution is -2.51. The fourth-order valence-electron chi connectivity index (χ4n) is 4.21. The van der Waals surface area contributed by atoms with Gasteiger partial charge in [-0.25, -0.2) is 4.98 Å². The monoisotopic (exact) mass is 354 g/mol. The average molecular weight is 354 g/mol. The summed E-state index contributed by atoms with van der Waals surface area (Å²) in [4.78, 5) is 21.1. The zero-order valence-corrected chi connectivity index (χ0v) is 15.2. The van der Waals surface area contributed by atoms with Crippen molar-refractivity contribution >= 4 is 5.82 Å². The molecule has 4 rings (SSSR count). The number of nitrogens with zero attached hydrogens (tertiary/aromatic N) is 2. The molecule has 1 saturated heterocycles. The number of rotatable bonds is 4. The van der Waals surface area contributed by atoms with Crippen LogP contribution in [0.2, 0.25) is 0 Å². The summed E-state index contributed by atoms with van der Waals surface area (Å²) < 4.78 is 5.37. The molecule has 6 heteroatoms. The molecule has 2 heterocycles. The van der Waals surface area contributed by atoms with E-state index in [1.54, 1.807) is 19.5 Å². The van der Waals surface area contributed by atoms with Gasteiger partial charge in [0.25, 0.3) is 5.56 Å². The molecule has 6 nitrogen and oxygen atoms in total. The average Bonchev–Trinajstić information content (AvgIpc) is 2.68. The first-order chi connectivity index (χ1) is 12.7. The summed E-state index contributed by atoms with van der Waals surface area (Å²) in [6, 6.07) is 7.28. The Labute approximate surface area is 153 Å². The highest BCUT2D eigenvalue weighted by Gasteiger charge is 2.26. The van der Waals surface area contributed by atoms with E-state index >= 15 is 0 Å². The van der Waals surface area contributed by atoms with Crippen molar-refractivity contribution in [3.63, 3.8) is 0 Å². The Hall–Kier alpha value is -2.34. The normalized spacial score (nSPS) is 22.7. The fourth-order valence-corrected chi connectivity index (χ4v) is 4.21. The van der Waals surface area contributed by atoms with Gasteiger partial charge in [-0.05, 0) is 55.4 Å². The van der Waals surface area contributed by atoms with E-state index in [9.17, 15) is 4.79 Å². The second-order valence-corrected chi connectivity index (χ2v) is 7.27. The second kappa shape index (κ2) is 7.50. The maximum absolute atomic E-state index is 12.0. The molecule has 2 unspecified atom stereocenters. The van der Waals surface area contributed by atoms with Crippen LogP contribution < -0.4 is 20.5 Å². The van der Waals surface area contributed by atoms with Crippen LogP contribution in [-0.2, 0) is 12.8 Å². The van der Waals surface area contributed by atoms with Gasteiger partial charge in [0.2, 0.25) is 0 Å². The Bertz CT molecular complexity index is 819. The van der Waals surface area contributed by atoms with Crippen LogP contribution in [-0.4, -0.2) is 42.3 Å². The van der Waals surface area contributed by atoms with Gasteiger partial charge in [-0.3, -0.25) is 4.79 Å². The highest BCUT2D eigenvalue weighted by Crippen LogP contribution is 2.26. The van der Waals surface area contributed by atoms with Crippen LogP contribution in [0, 0.1) is 0 Å². The first-order valence-corrected chi connectivity index (χ1v) is 9.43. The summed E-state index contributed by atoms with van der Waals surface area (Å²) in [6.45, 7) is 1.73. The predicted molar refractivity (Wildman–Crippen MR) is 102 cm³/mol. The minimum absolute atomic E-state index is 0.105. The number of fused-ring (bicyclic) bond motifs is 1. The van der Waals surface area contributed by atoms with Gasteiger partial charge in [-0.1, -0.05) is 6.07 Å². The largest absolute Gasteiger partial charge is 0.497 e. The molecule has 0 radical (unpaired) electrons.